The van der Waals surface area contributed by atoms with Gasteiger partial charge in [-0.3, -0.25) is 4.99 Å². The summed E-state index contributed by atoms with van der Waals surface area (Å²) in [6.07, 6.45) is 2.11. The zero-order valence-corrected chi connectivity index (χ0v) is 18.8. The Labute approximate surface area is 177 Å². The zero-order chi connectivity index (χ0) is 17.6. The molecule has 7 heteroatoms. The third kappa shape index (κ3) is 5.57. The number of para-hydroxylation sites is 1. The van der Waals surface area contributed by atoms with Crippen molar-refractivity contribution in [2.75, 3.05) is 31.6 Å². The van der Waals surface area contributed by atoms with E-state index in [4.69, 9.17) is 0 Å². The number of nitrogens with zero attached hydrogens (tertiary/aromatic N) is 3. The number of guanidine groups is 1. The standard InChI is InChI=1S/C19H27N5S.HI/c1-14-18(25-15(2)22-14)9-11-21-19(20-3)23-16-10-12-24(13-16)17-7-5-4-6-8-17;/h4-8,16H,9-13H2,1-3H3,(H2,20,21,23);1H. The predicted octanol–water partition coefficient (Wildman–Crippen LogP) is 3.36. The van der Waals surface area contributed by atoms with Crippen molar-refractivity contribution in [1.29, 1.82) is 0 Å². The zero-order valence-electron chi connectivity index (χ0n) is 15.7. The largest absolute Gasteiger partial charge is 0.369 e. The van der Waals surface area contributed by atoms with E-state index < -0.39 is 0 Å². The fraction of sp³-hybridized carbons (Fsp3) is 0.474. The van der Waals surface area contributed by atoms with Crippen molar-refractivity contribution in [2.24, 2.45) is 4.99 Å². The number of benzene rings is 1. The van der Waals surface area contributed by atoms with Crippen molar-refractivity contribution >= 4 is 47.0 Å². The molecular formula is C19H28IN5S. The van der Waals surface area contributed by atoms with Gasteiger partial charge in [0.25, 0.3) is 0 Å². The van der Waals surface area contributed by atoms with Crippen LogP contribution >= 0.6 is 35.3 Å². The summed E-state index contributed by atoms with van der Waals surface area (Å²) < 4.78 is 0. The SMILES string of the molecule is CN=C(NCCc1sc(C)nc1C)NC1CCN(c2ccccc2)C1.I. The van der Waals surface area contributed by atoms with E-state index in [-0.39, 0.29) is 24.0 Å². The third-order valence-electron chi connectivity index (χ3n) is 4.52. The number of anilines is 1. The van der Waals surface area contributed by atoms with Gasteiger partial charge in [-0.2, -0.15) is 0 Å². The van der Waals surface area contributed by atoms with Gasteiger partial charge >= 0.3 is 0 Å². The van der Waals surface area contributed by atoms with Gasteiger partial charge in [0.15, 0.2) is 5.96 Å². The van der Waals surface area contributed by atoms with Gasteiger partial charge in [-0.05, 0) is 32.4 Å². The average Bonchev–Trinajstić information content (AvgIpc) is 3.21. The molecular weight excluding hydrogens is 457 g/mol. The molecule has 1 aliphatic heterocycles. The molecule has 3 rings (SSSR count). The monoisotopic (exact) mass is 485 g/mol. The lowest BCUT2D eigenvalue weighted by atomic mass is 10.2. The lowest BCUT2D eigenvalue weighted by Gasteiger charge is -2.20. The second-order valence-electron chi connectivity index (χ2n) is 6.40. The molecule has 0 radical (unpaired) electrons. The van der Waals surface area contributed by atoms with Gasteiger partial charge in [-0.25, -0.2) is 4.98 Å². The lowest BCUT2D eigenvalue weighted by molar-refractivity contribution is 0.648. The Kier molecular flexibility index (Phi) is 8.15. The van der Waals surface area contributed by atoms with E-state index >= 15 is 0 Å². The summed E-state index contributed by atoms with van der Waals surface area (Å²) in [6.45, 7) is 7.11. The Balaban J connectivity index is 0.00000243. The molecule has 2 aromatic rings. The van der Waals surface area contributed by atoms with E-state index in [1.807, 2.05) is 7.05 Å². The molecule has 0 saturated carbocycles. The lowest BCUT2D eigenvalue weighted by Crippen LogP contribution is -2.45. The number of nitrogens with one attached hydrogen (secondary N) is 2. The van der Waals surface area contributed by atoms with Gasteiger partial charge in [0.2, 0.25) is 0 Å². The van der Waals surface area contributed by atoms with Crippen LogP contribution in [0.4, 0.5) is 5.69 Å². The van der Waals surface area contributed by atoms with Crippen LogP contribution in [0.2, 0.25) is 0 Å². The Morgan fingerprint density at radius 3 is 2.73 bits per heavy atom. The van der Waals surface area contributed by atoms with E-state index in [0.29, 0.717) is 6.04 Å². The van der Waals surface area contributed by atoms with Gasteiger partial charge in [-0.1, -0.05) is 18.2 Å². The first-order chi connectivity index (χ1) is 12.2. The van der Waals surface area contributed by atoms with E-state index in [9.17, 15) is 0 Å². The van der Waals surface area contributed by atoms with Crippen molar-refractivity contribution in [3.8, 4) is 0 Å². The average molecular weight is 485 g/mol. The van der Waals surface area contributed by atoms with Gasteiger partial charge in [0, 0.05) is 49.7 Å². The molecule has 142 valence electrons. The molecule has 1 aromatic heterocycles. The van der Waals surface area contributed by atoms with Crippen molar-refractivity contribution in [3.05, 3.63) is 45.9 Å². The minimum absolute atomic E-state index is 0. The number of hydrogen-bond acceptors (Lipinski definition) is 4. The number of aryl methyl sites for hydroxylation is 2. The van der Waals surface area contributed by atoms with Crippen LogP contribution in [0, 0.1) is 13.8 Å². The van der Waals surface area contributed by atoms with Gasteiger partial charge in [0.05, 0.1) is 10.7 Å². The van der Waals surface area contributed by atoms with Crippen molar-refractivity contribution in [2.45, 2.75) is 32.7 Å². The fourth-order valence-electron chi connectivity index (χ4n) is 3.24. The topological polar surface area (TPSA) is 52.6 Å². The van der Waals surface area contributed by atoms with Crippen LogP contribution < -0.4 is 15.5 Å². The Bertz CT molecular complexity index is 716. The molecule has 26 heavy (non-hydrogen) atoms. The highest BCUT2D eigenvalue weighted by atomic mass is 127. The molecule has 1 fully saturated rings. The Morgan fingerprint density at radius 2 is 2.08 bits per heavy atom. The van der Waals surface area contributed by atoms with Gasteiger partial charge < -0.3 is 15.5 Å². The maximum Gasteiger partial charge on any atom is 0.191 e. The quantitative estimate of drug-likeness (QED) is 0.388. The highest BCUT2D eigenvalue weighted by Gasteiger charge is 2.23. The summed E-state index contributed by atoms with van der Waals surface area (Å²) >= 11 is 1.79. The third-order valence-corrected chi connectivity index (χ3v) is 5.65. The first kappa shape index (κ1) is 21.0. The van der Waals surface area contributed by atoms with Crippen LogP contribution in [0.5, 0.6) is 0 Å². The highest BCUT2D eigenvalue weighted by molar-refractivity contribution is 14.0. The maximum absolute atomic E-state index is 4.49. The van der Waals surface area contributed by atoms with Crippen LogP contribution in [0.25, 0.3) is 0 Å². The summed E-state index contributed by atoms with van der Waals surface area (Å²) in [5.41, 5.74) is 2.45. The normalized spacial score (nSPS) is 17.1. The van der Waals surface area contributed by atoms with Crippen LogP contribution in [0.3, 0.4) is 0 Å². The molecule has 5 nitrogen and oxygen atoms in total. The molecule has 0 spiro atoms. The summed E-state index contributed by atoms with van der Waals surface area (Å²) in [7, 11) is 1.83. The summed E-state index contributed by atoms with van der Waals surface area (Å²) in [5.74, 6) is 0.888. The van der Waals surface area contributed by atoms with Gasteiger partial charge in [0.1, 0.15) is 0 Å². The second-order valence-corrected chi connectivity index (χ2v) is 7.69. The van der Waals surface area contributed by atoms with Crippen molar-refractivity contribution < 1.29 is 0 Å². The number of thiazole rings is 1. The van der Waals surface area contributed by atoms with Crippen LogP contribution in [-0.2, 0) is 6.42 Å². The molecule has 0 amide bonds. The maximum atomic E-state index is 4.49. The number of aliphatic imine (C=N–C) groups is 1. The summed E-state index contributed by atoms with van der Waals surface area (Å²) in [5, 5.41) is 8.13. The molecule has 1 saturated heterocycles. The summed E-state index contributed by atoms with van der Waals surface area (Å²) in [4.78, 5) is 12.6. The molecule has 1 unspecified atom stereocenters. The first-order valence-corrected chi connectivity index (χ1v) is 9.67. The van der Waals surface area contributed by atoms with Crippen LogP contribution in [0.1, 0.15) is 22.0 Å². The minimum atomic E-state index is 0. The number of aromatic nitrogens is 1. The molecule has 1 aliphatic rings. The molecule has 0 aliphatic carbocycles. The van der Waals surface area contributed by atoms with Crippen LogP contribution in [-0.4, -0.2) is 43.7 Å². The second kappa shape index (κ2) is 10.1. The molecule has 2 heterocycles. The predicted molar refractivity (Wildman–Crippen MR) is 122 cm³/mol. The summed E-state index contributed by atoms with van der Waals surface area (Å²) in [6, 6.07) is 11.0. The van der Waals surface area contributed by atoms with E-state index in [1.54, 1.807) is 11.3 Å². The minimum Gasteiger partial charge on any atom is -0.369 e. The molecule has 1 atom stereocenters. The van der Waals surface area contributed by atoms with E-state index in [0.717, 1.165) is 49.1 Å². The first-order valence-electron chi connectivity index (χ1n) is 8.86. The Morgan fingerprint density at radius 1 is 1.31 bits per heavy atom. The molecule has 1 aromatic carbocycles. The van der Waals surface area contributed by atoms with E-state index in [1.165, 1.54) is 10.6 Å². The number of halogens is 1. The fourth-order valence-corrected chi connectivity index (χ4v) is 4.18. The number of rotatable bonds is 5. The van der Waals surface area contributed by atoms with Crippen molar-refractivity contribution in [1.82, 2.24) is 15.6 Å². The highest BCUT2D eigenvalue weighted by Crippen LogP contribution is 2.20. The molecule has 0 bridgehead atoms. The Hall–Kier alpha value is -1.35. The van der Waals surface area contributed by atoms with Crippen LogP contribution in [0.15, 0.2) is 35.3 Å². The van der Waals surface area contributed by atoms with Crippen molar-refractivity contribution in [3.63, 3.8) is 0 Å². The number of hydrogen-bond donors (Lipinski definition) is 2. The van der Waals surface area contributed by atoms with Gasteiger partial charge in [-0.15, -0.1) is 35.3 Å². The smallest absolute Gasteiger partial charge is 0.191 e. The molecule has 2 N–H and O–H groups in total. The van der Waals surface area contributed by atoms with E-state index in [2.05, 4.69) is 69.7 Å².